The Morgan fingerprint density at radius 3 is 2.18 bits per heavy atom. The van der Waals surface area contributed by atoms with Crippen LogP contribution in [0.15, 0.2) is 0 Å². The van der Waals surface area contributed by atoms with Gasteiger partial charge in [-0.1, -0.05) is 5.92 Å². The van der Waals surface area contributed by atoms with Crippen LogP contribution in [0.5, 0.6) is 0 Å². The summed E-state index contributed by atoms with van der Waals surface area (Å²) in [5.41, 5.74) is -0.510. The second-order valence-electron chi connectivity index (χ2n) is 3.71. The van der Waals surface area contributed by atoms with Gasteiger partial charge in [-0.25, -0.2) is 0 Å². The molecule has 0 aromatic heterocycles. The van der Waals surface area contributed by atoms with Crippen molar-refractivity contribution in [1.29, 1.82) is 0 Å². The summed E-state index contributed by atoms with van der Waals surface area (Å²) < 4.78 is 5.51. The topological polar surface area (TPSA) is 12.5 Å². The molecule has 0 spiro atoms. The third-order valence-corrected chi connectivity index (χ3v) is 2.94. The fraction of sp³-hybridized carbons (Fsp3) is 0.778. The lowest BCUT2D eigenvalue weighted by atomic mass is 9.85. The quantitative estimate of drug-likeness (QED) is 0.483. The first-order chi connectivity index (χ1) is 4.94. The smallest absolute Gasteiger partial charge is 0.145 e. The van der Waals surface area contributed by atoms with Crippen molar-refractivity contribution in [3.05, 3.63) is 0 Å². The van der Waals surface area contributed by atoms with E-state index in [1.165, 1.54) is 0 Å². The van der Waals surface area contributed by atoms with Crippen molar-refractivity contribution in [2.45, 2.75) is 31.9 Å². The summed E-state index contributed by atoms with van der Waals surface area (Å²) in [7, 11) is 2.02. The van der Waals surface area contributed by atoms with E-state index in [1.54, 1.807) is 0 Å². The van der Waals surface area contributed by atoms with Gasteiger partial charge in [-0.15, -0.1) is 6.42 Å². The molecule has 0 saturated carbocycles. The van der Waals surface area contributed by atoms with Gasteiger partial charge < -0.3 is 4.74 Å². The molecule has 0 bridgehead atoms. The van der Waals surface area contributed by atoms with Crippen LogP contribution >= 0.6 is 0 Å². The number of hydrogen-bond acceptors (Lipinski definition) is 2. The Morgan fingerprint density at radius 2 is 2.00 bits per heavy atom. The number of nitrogens with zero attached hydrogens (tertiary/aromatic N) is 1. The molecule has 62 valence electrons. The maximum Gasteiger partial charge on any atom is 0.145 e. The SMILES string of the molecule is C#C[C@@]1(C)OCN(C)C1(C)C. The van der Waals surface area contributed by atoms with Crippen LogP contribution in [0.2, 0.25) is 0 Å². The molecule has 1 fully saturated rings. The summed E-state index contributed by atoms with van der Waals surface area (Å²) in [4.78, 5) is 2.12. The van der Waals surface area contributed by atoms with E-state index in [-0.39, 0.29) is 5.54 Å². The van der Waals surface area contributed by atoms with Crippen molar-refractivity contribution in [2.75, 3.05) is 13.8 Å². The first-order valence-electron chi connectivity index (χ1n) is 3.77. The van der Waals surface area contributed by atoms with Crippen molar-refractivity contribution in [3.63, 3.8) is 0 Å². The highest BCUT2D eigenvalue weighted by atomic mass is 16.5. The van der Waals surface area contributed by atoms with Crippen molar-refractivity contribution >= 4 is 0 Å². The van der Waals surface area contributed by atoms with Gasteiger partial charge in [-0.3, -0.25) is 4.90 Å². The Morgan fingerprint density at radius 1 is 1.45 bits per heavy atom. The standard InChI is InChI=1S/C9H15NO/c1-6-9(4)8(2,3)10(5)7-11-9/h1H,7H2,2-5H3/t9-/m1/s1. The van der Waals surface area contributed by atoms with E-state index in [0.717, 1.165) is 0 Å². The molecule has 1 aliphatic rings. The zero-order valence-corrected chi connectivity index (χ0v) is 7.64. The molecule has 1 heterocycles. The van der Waals surface area contributed by atoms with Gasteiger partial charge in [0.2, 0.25) is 0 Å². The molecule has 0 amide bonds. The minimum Gasteiger partial charge on any atom is -0.345 e. The Kier molecular flexibility index (Phi) is 1.74. The fourth-order valence-corrected chi connectivity index (χ4v) is 1.15. The molecule has 1 rings (SSSR count). The van der Waals surface area contributed by atoms with Gasteiger partial charge >= 0.3 is 0 Å². The van der Waals surface area contributed by atoms with Gasteiger partial charge in [0, 0.05) is 0 Å². The normalized spacial score (nSPS) is 37.0. The average molecular weight is 153 g/mol. The summed E-state index contributed by atoms with van der Waals surface area (Å²) in [5.74, 6) is 2.70. The number of rotatable bonds is 0. The highest BCUT2D eigenvalue weighted by Crippen LogP contribution is 2.35. The molecule has 2 heteroatoms. The molecule has 2 nitrogen and oxygen atoms in total. The van der Waals surface area contributed by atoms with Crippen LogP contribution < -0.4 is 0 Å². The van der Waals surface area contributed by atoms with E-state index in [4.69, 9.17) is 11.2 Å². The van der Waals surface area contributed by atoms with Gasteiger partial charge in [0.15, 0.2) is 0 Å². The van der Waals surface area contributed by atoms with Gasteiger partial charge in [0.25, 0.3) is 0 Å². The van der Waals surface area contributed by atoms with E-state index < -0.39 is 5.60 Å². The monoisotopic (exact) mass is 153 g/mol. The van der Waals surface area contributed by atoms with Crippen LogP contribution in [-0.2, 0) is 4.74 Å². The summed E-state index contributed by atoms with van der Waals surface area (Å²) in [6.07, 6.45) is 5.40. The molecule has 11 heavy (non-hydrogen) atoms. The number of terminal acetylenes is 1. The van der Waals surface area contributed by atoms with E-state index in [1.807, 2.05) is 14.0 Å². The Balaban J connectivity index is 2.97. The summed E-state index contributed by atoms with van der Waals surface area (Å²) in [5, 5.41) is 0. The molecule has 0 aromatic carbocycles. The second-order valence-corrected chi connectivity index (χ2v) is 3.71. The average Bonchev–Trinajstić information content (AvgIpc) is 2.15. The molecule has 0 radical (unpaired) electrons. The predicted octanol–water partition coefficient (Wildman–Crippen LogP) is 1.08. The molecule has 0 aliphatic carbocycles. The second kappa shape index (κ2) is 2.23. The largest absolute Gasteiger partial charge is 0.345 e. The number of ether oxygens (including phenoxy) is 1. The molecule has 0 N–H and O–H groups in total. The fourth-order valence-electron chi connectivity index (χ4n) is 1.15. The van der Waals surface area contributed by atoms with Gasteiger partial charge in [-0.05, 0) is 27.8 Å². The lowest BCUT2D eigenvalue weighted by molar-refractivity contribution is 0.0428. The first-order valence-corrected chi connectivity index (χ1v) is 3.77. The van der Waals surface area contributed by atoms with Crippen LogP contribution in [0.1, 0.15) is 20.8 Å². The summed E-state index contributed by atoms with van der Waals surface area (Å²) >= 11 is 0. The minimum atomic E-state index is -0.443. The third kappa shape index (κ3) is 0.962. The zero-order valence-electron chi connectivity index (χ0n) is 7.64. The Hall–Kier alpha value is -0.520. The van der Waals surface area contributed by atoms with Crippen molar-refractivity contribution in [1.82, 2.24) is 4.90 Å². The van der Waals surface area contributed by atoms with Crippen LogP contribution in [0.25, 0.3) is 0 Å². The molecule has 1 saturated heterocycles. The molecule has 1 atom stereocenters. The Labute approximate surface area is 68.5 Å². The Bertz CT molecular complexity index is 204. The van der Waals surface area contributed by atoms with E-state index >= 15 is 0 Å². The number of likely N-dealkylation sites (N-methyl/N-ethyl adjacent to an activating group) is 1. The van der Waals surface area contributed by atoms with Crippen LogP contribution in [0.3, 0.4) is 0 Å². The van der Waals surface area contributed by atoms with Crippen molar-refractivity contribution < 1.29 is 4.74 Å². The molecule has 1 aliphatic heterocycles. The predicted molar refractivity (Wildman–Crippen MR) is 45.0 cm³/mol. The van der Waals surface area contributed by atoms with Crippen LogP contribution in [-0.4, -0.2) is 29.8 Å². The highest BCUT2D eigenvalue weighted by molar-refractivity contribution is 5.19. The molecule has 0 unspecified atom stereocenters. The molecule has 0 aromatic rings. The van der Waals surface area contributed by atoms with E-state index in [0.29, 0.717) is 6.73 Å². The maximum absolute atomic E-state index is 5.51. The summed E-state index contributed by atoms with van der Waals surface area (Å²) in [6, 6.07) is 0. The minimum absolute atomic E-state index is 0.0677. The maximum atomic E-state index is 5.51. The van der Waals surface area contributed by atoms with Crippen LogP contribution in [0.4, 0.5) is 0 Å². The lowest BCUT2D eigenvalue weighted by Gasteiger charge is -2.35. The summed E-state index contributed by atoms with van der Waals surface area (Å²) in [6.45, 7) is 6.77. The van der Waals surface area contributed by atoms with Crippen LogP contribution in [0, 0.1) is 12.3 Å². The highest BCUT2D eigenvalue weighted by Gasteiger charge is 2.49. The van der Waals surface area contributed by atoms with Gasteiger partial charge in [0.1, 0.15) is 12.3 Å². The van der Waals surface area contributed by atoms with Gasteiger partial charge in [0.05, 0.1) is 5.54 Å². The zero-order chi connectivity index (χ0) is 8.70. The van der Waals surface area contributed by atoms with Crippen molar-refractivity contribution in [3.8, 4) is 12.3 Å². The third-order valence-electron chi connectivity index (χ3n) is 2.94. The molecular weight excluding hydrogens is 138 g/mol. The first kappa shape index (κ1) is 8.58. The van der Waals surface area contributed by atoms with Crippen molar-refractivity contribution in [2.24, 2.45) is 0 Å². The number of hydrogen-bond donors (Lipinski definition) is 0. The molecular formula is C9H15NO. The van der Waals surface area contributed by atoms with E-state index in [9.17, 15) is 0 Å². The van der Waals surface area contributed by atoms with E-state index in [2.05, 4.69) is 24.7 Å². The lowest BCUT2D eigenvalue weighted by Crippen LogP contribution is -2.50. The van der Waals surface area contributed by atoms with Gasteiger partial charge in [-0.2, -0.15) is 0 Å².